The van der Waals surface area contributed by atoms with E-state index in [2.05, 4.69) is 20.5 Å². The number of nitrogens with one attached hydrogen (secondary N) is 2. The molecule has 2 aromatic rings. The van der Waals surface area contributed by atoms with Gasteiger partial charge >= 0.3 is 5.69 Å². The third-order valence-electron chi connectivity index (χ3n) is 3.63. The maximum absolute atomic E-state index is 11.5. The molecule has 2 heterocycles. The molecule has 0 bridgehead atoms. The van der Waals surface area contributed by atoms with Gasteiger partial charge in [0.15, 0.2) is 5.65 Å². The zero-order valence-corrected chi connectivity index (χ0v) is 10.8. The molecule has 19 heavy (non-hydrogen) atoms. The Hall–Kier alpha value is -1.89. The number of aliphatic hydroxyl groups excluding tert-OH is 1. The summed E-state index contributed by atoms with van der Waals surface area (Å²) in [5, 5.41) is 19.5. The van der Waals surface area contributed by atoms with Crippen molar-refractivity contribution in [2.24, 2.45) is 0 Å². The average Bonchev–Trinajstić information content (AvgIpc) is 2.74. The molecule has 7 nitrogen and oxygen atoms in total. The summed E-state index contributed by atoms with van der Waals surface area (Å²) in [7, 11) is 0. The third-order valence-corrected chi connectivity index (χ3v) is 3.63. The van der Waals surface area contributed by atoms with Gasteiger partial charge in [0, 0.05) is 6.07 Å². The van der Waals surface area contributed by atoms with Crippen LogP contribution in [0.2, 0.25) is 0 Å². The Balaban J connectivity index is 1.91. The number of H-pyrrole nitrogens is 1. The molecule has 0 aliphatic heterocycles. The van der Waals surface area contributed by atoms with E-state index in [1.807, 2.05) is 0 Å². The lowest BCUT2D eigenvalue weighted by Crippen LogP contribution is -2.36. The summed E-state index contributed by atoms with van der Waals surface area (Å²) in [6.45, 7) is 1.76. The number of hydrogen-bond acceptors (Lipinski definition) is 5. The van der Waals surface area contributed by atoms with Gasteiger partial charge in [-0.15, -0.1) is 0 Å². The van der Waals surface area contributed by atoms with Gasteiger partial charge in [0.2, 0.25) is 0 Å². The van der Waals surface area contributed by atoms with Crippen LogP contribution in [0.25, 0.3) is 5.65 Å². The summed E-state index contributed by atoms with van der Waals surface area (Å²) < 4.78 is 1.42. The lowest BCUT2D eigenvalue weighted by atomic mass is 9.93. The highest BCUT2D eigenvalue weighted by Crippen LogP contribution is 2.21. The zero-order valence-electron chi connectivity index (χ0n) is 10.8. The third kappa shape index (κ3) is 2.21. The van der Waals surface area contributed by atoms with Crippen molar-refractivity contribution in [1.29, 1.82) is 0 Å². The summed E-state index contributed by atoms with van der Waals surface area (Å²) in [4.78, 5) is 15.8. The molecule has 2 unspecified atom stereocenters. The second-order valence-corrected chi connectivity index (χ2v) is 5.01. The van der Waals surface area contributed by atoms with Gasteiger partial charge in [0.25, 0.3) is 0 Å². The molecule has 3 N–H and O–H groups in total. The van der Waals surface area contributed by atoms with E-state index >= 15 is 0 Å². The number of fused-ring (bicyclic) bond motifs is 1. The largest absolute Gasteiger partial charge is 0.391 e. The molecule has 0 spiro atoms. The average molecular weight is 263 g/mol. The Labute approximate surface area is 109 Å². The van der Waals surface area contributed by atoms with Gasteiger partial charge in [0.1, 0.15) is 11.6 Å². The monoisotopic (exact) mass is 263 g/mol. The highest BCUT2D eigenvalue weighted by Gasteiger charge is 2.23. The Morgan fingerprint density at radius 3 is 3.05 bits per heavy atom. The predicted molar refractivity (Wildman–Crippen MR) is 70.2 cm³/mol. The molecule has 1 saturated carbocycles. The molecule has 3 rings (SSSR count). The number of aromatic nitrogens is 4. The number of hydrogen-bond donors (Lipinski definition) is 3. The molecule has 7 heteroatoms. The molecule has 0 radical (unpaired) electrons. The van der Waals surface area contributed by atoms with Gasteiger partial charge in [-0.1, -0.05) is 12.8 Å². The van der Waals surface area contributed by atoms with Gasteiger partial charge < -0.3 is 10.4 Å². The first-order valence-corrected chi connectivity index (χ1v) is 6.54. The molecule has 1 aliphatic rings. The summed E-state index contributed by atoms with van der Waals surface area (Å²) in [6, 6.07) is 1.74. The van der Waals surface area contributed by atoms with Gasteiger partial charge in [0.05, 0.1) is 12.1 Å². The van der Waals surface area contributed by atoms with Crippen molar-refractivity contribution in [2.75, 3.05) is 5.32 Å². The Morgan fingerprint density at radius 1 is 1.47 bits per heavy atom. The van der Waals surface area contributed by atoms with Crippen LogP contribution in [0.5, 0.6) is 0 Å². The van der Waals surface area contributed by atoms with E-state index in [0.29, 0.717) is 17.3 Å². The summed E-state index contributed by atoms with van der Waals surface area (Å²) >= 11 is 0. The van der Waals surface area contributed by atoms with Crippen LogP contribution in [0.4, 0.5) is 5.82 Å². The number of nitrogens with zero attached hydrogens (tertiary/aromatic N) is 3. The normalized spacial score (nSPS) is 23.7. The maximum atomic E-state index is 11.5. The first kappa shape index (κ1) is 12.2. The van der Waals surface area contributed by atoms with E-state index in [9.17, 15) is 9.90 Å². The lowest BCUT2D eigenvalue weighted by molar-refractivity contribution is 0.116. The summed E-state index contributed by atoms with van der Waals surface area (Å²) in [5.74, 6) is 1.22. The van der Waals surface area contributed by atoms with Crippen molar-refractivity contribution in [1.82, 2.24) is 19.6 Å². The fourth-order valence-electron chi connectivity index (χ4n) is 2.64. The van der Waals surface area contributed by atoms with Crippen molar-refractivity contribution in [3.8, 4) is 0 Å². The Bertz CT molecular complexity index is 647. The zero-order chi connectivity index (χ0) is 13.4. The van der Waals surface area contributed by atoms with Crippen LogP contribution in [0, 0.1) is 6.92 Å². The molecule has 1 aliphatic carbocycles. The van der Waals surface area contributed by atoms with Crippen molar-refractivity contribution in [3.05, 3.63) is 22.4 Å². The molecule has 0 amide bonds. The second-order valence-electron chi connectivity index (χ2n) is 5.01. The number of rotatable bonds is 2. The number of aliphatic hydroxyl groups is 1. The van der Waals surface area contributed by atoms with Crippen LogP contribution < -0.4 is 11.0 Å². The highest BCUT2D eigenvalue weighted by atomic mass is 16.3. The molecule has 1 fully saturated rings. The molecule has 102 valence electrons. The molecule has 0 saturated heterocycles. The quantitative estimate of drug-likeness (QED) is 0.731. The van der Waals surface area contributed by atoms with Crippen molar-refractivity contribution in [2.45, 2.75) is 44.8 Å². The molecule has 0 aromatic carbocycles. The number of aromatic amines is 1. The van der Waals surface area contributed by atoms with Crippen molar-refractivity contribution >= 4 is 11.5 Å². The first-order valence-electron chi connectivity index (χ1n) is 6.54. The van der Waals surface area contributed by atoms with E-state index in [1.165, 1.54) is 4.40 Å². The maximum Gasteiger partial charge on any atom is 0.349 e. The smallest absolute Gasteiger partial charge is 0.349 e. The SMILES string of the molecule is Cc1nc(NC2CCCCC2O)cc2n[nH]c(=O)n12. The van der Waals surface area contributed by atoms with Gasteiger partial charge in [-0.2, -0.15) is 5.10 Å². The van der Waals surface area contributed by atoms with E-state index in [0.717, 1.165) is 25.7 Å². The van der Waals surface area contributed by atoms with Gasteiger partial charge in [-0.25, -0.2) is 19.3 Å². The minimum atomic E-state index is -0.339. The predicted octanol–water partition coefficient (Wildman–Crippen LogP) is 0.441. The Morgan fingerprint density at radius 2 is 2.26 bits per heavy atom. The van der Waals surface area contributed by atoms with Crippen LogP contribution in [0.15, 0.2) is 10.9 Å². The first-order chi connectivity index (χ1) is 9.15. The van der Waals surface area contributed by atoms with Crippen LogP contribution in [-0.2, 0) is 0 Å². The second kappa shape index (κ2) is 4.65. The standard InChI is InChI=1S/C12H17N5O2/c1-7-13-10(6-11-15-16-12(19)17(7)11)14-8-4-2-3-5-9(8)18/h6,8-9,14,18H,2-5H2,1H3,(H,16,19). The summed E-state index contributed by atoms with van der Waals surface area (Å²) in [5.41, 5.74) is 0.245. The molecule has 2 aromatic heterocycles. The fraction of sp³-hybridized carbons (Fsp3) is 0.583. The Kier molecular flexibility index (Phi) is 2.98. The topological polar surface area (TPSA) is 95.3 Å². The van der Waals surface area contributed by atoms with Crippen LogP contribution >= 0.6 is 0 Å². The summed E-state index contributed by atoms with van der Waals surface area (Å²) in [6.07, 6.45) is 3.59. The highest BCUT2D eigenvalue weighted by molar-refractivity contribution is 5.50. The van der Waals surface area contributed by atoms with E-state index < -0.39 is 0 Å². The van der Waals surface area contributed by atoms with Crippen molar-refractivity contribution in [3.63, 3.8) is 0 Å². The molecule has 2 atom stereocenters. The minimum absolute atomic E-state index is 0.0220. The van der Waals surface area contributed by atoms with E-state index in [1.54, 1.807) is 13.0 Å². The van der Waals surface area contributed by atoms with E-state index in [-0.39, 0.29) is 17.8 Å². The fourth-order valence-corrected chi connectivity index (χ4v) is 2.64. The van der Waals surface area contributed by atoms with Crippen LogP contribution in [0.1, 0.15) is 31.5 Å². The molecular formula is C12H17N5O2. The molecular weight excluding hydrogens is 246 g/mol. The van der Waals surface area contributed by atoms with Gasteiger partial charge in [-0.05, 0) is 19.8 Å². The van der Waals surface area contributed by atoms with Crippen molar-refractivity contribution < 1.29 is 5.11 Å². The van der Waals surface area contributed by atoms with Crippen LogP contribution in [-0.4, -0.2) is 36.8 Å². The lowest BCUT2D eigenvalue weighted by Gasteiger charge is -2.28. The minimum Gasteiger partial charge on any atom is -0.391 e. The van der Waals surface area contributed by atoms with E-state index in [4.69, 9.17) is 0 Å². The van der Waals surface area contributed by atoms with Gasteiger partial charge in [-0.3, -0.25) is 0 Å². The van der Waals surface area contributed by atoms with Crippen LogP contribution in [0.3, 0.4) is 0 Å². The number of aryl methyl sites for hydroxylation is 1. The number of anilines is 1.